The molecule has 0 nitrogen and oxygen atoms in total. The van der Waals surface area contributed by atoms with E-state index in [4.69, 9.17) is 0 Å². The summed E-state index contributed by atoms with van der Waals surface area (Å²) in [7, 11) is 0. The van der Waals surface area contributed by atoms with Crippen LogP contribution in [0, 0.1) is 46.8 Å². The van der Waals surface area contributed by atoms with Crippen molar-refractivity contribution in [2.45, 2.75) is 111 Å². The van der Waals surface area contributed by atoms with Crippen molar-refractivity contribution in [2.75, 3.05) is 0 Å². The van der Waals surface area contributed by atoms with Crippen molar-refractivity contribution in [3.8, 4) is 0 Å². The molecule has 0 aromatic rings. The molecule has 144 valence electrons. The van der Waals surface area contributed by atoms with Crippen LogP contribution in [-0.4, -0.2) is 0 Å². The fraction of sp³-hybridized carbons (Fsp3) is 1.00. The predicted octanol–water partition coefficient (Wildman–Crippen LogP) is 7.86. The molecule has 4 bridgehead atoms. The second-order valence-corrected chi connectivity index (χ2v) is 11.1. The molecule has 5 rings (SSSR count). The summed E-state index contributed by atoms with van der Waals surface area (Å²) in [6.07, 6.45) is 21.8. The van der Waals surface area contributed by atoms with Crippen LogP contribution >= 0.6 is 0 Å². The smallest absolute Gasteiger partial charge is 0.0289 e. The van der Waals surface area contributed by atoms with Crippen LogP contribution in [0.1, 0.15) is 111 Å². The molecule has 0 heterocycles. The Morgan fingerprint density at radius 1 is 0.600 bits per heavy atom. The molecular formula is C25H44. The van der Waals surface area contributed by atoms with Gasteiger partial charge in [0.25, 0.3) is 0 Å². The zero-order valence-electron chi connectivity index (χ0n) is 17.4. The maximum Gasteiger partial charge on any atom is -0.0289 e. The minimum absolute atomic E-state index is 0.814. The van der Waals surface area contributed by atoms with Gasteiger partial charge in [-0.3, -0.25) is 0 Å². The third kappa shape index (κ3) is 3.70. The van der Waals surface area contributed by atoms with Crippen molar-refractivity contribution in [1.82, 2.24) is 0 Å². The van der Waals surface area contributed by atoms with E-state index >= 15 is 0 Å². The summed E-state index contributed by atoms with van der Waals surface area (Å²) >= 11 is 0. The molecule has 5 aliphatic carbocycles. The highest BCUT2D eigenvalue weighted by atomic mass is 14.6. The standard InChI is InChI=1S/C25H44/c1-4-7-23-13-21(5-2)22(6-3)14-24(23)8-9-25-15-18-10-19(16-25)12-20(11-18)17-25/h18-24H,4-17H2,1-3H3. The topological polar surface area (TPSA) is 0 Å². The van der Waals surface area contributed by atoms with Gasteiger partial charge in [0.05, 0.1) is 0 Å². The minimum atomic E-state index is 0.814. The summed E-state index contributed by atoms with van der Waals surface area (Å²) in [4.78, 5) is 0. The molecule has 25 heavy (non-hydrogen) atoms. The summed E-state index contributed by atoms with van der Waals surface area (Å²) in [5.41, 5.74) is 0.814. The second-order valence-electron chi connectivity index (χ2n) is 11.1. The van der Waals surface area contributed by atoms with Crippen LogP contribution in [0.15, 0.2) is 0 Å². The van der Waals surface area contributed by atoms with E-state index in [0.29, 0.717) is 0 Å². The average Bonchev–Trinajstić information content (AvgIpc) is 2.59. The Morgan fingerprint density at radius 3 is 1.52 bits per heavy atom. The highest BCUT2D eigenvalue weighted by Crippen LogP contribution is 2.62. The molecule has 0 saturated heterocycles. The van der Waals surface area contributed by atoms with Gasteiger partial charge in [-0.05, 0) is 111 Å². The first-order valence-electron chi connectivity index (χ1n) is 12.1. The predicted molar refractivity (Wildman–Crippen MR) is 109 cm³/mol. The van der Waals surface area contributed by atoms with E-state index in [1.54, 1.807) is 64.2 Å². The van der Waals surface area contributed by atoms with Crippen LogP contribution in [-0.2, 0) is 0 Å². The zero-order chi connectivity index (χ0) is 17.4. The lowest BCUT2D eigenvalue weighted by atomic mass is 9.48. The Kier molecular flexibility index (Phi) is 5.55. The van der Waals surface area contributed by atoms with E-state index < -0.39 is 0 Å². The fourth-order valence-electron chi connectivity index (χ4n) is 8.71. The van der Waals surface area contributed by atoms with E-state index in [-0.39, 0.29) is 0 Å². The summed E-state index contributed by atoms with van der Waals surface area (Å²) in [6.45, 7) is 7.33. The average molecular weight is 345 g/mol. The molecule has 0 aromatic heterocycles. The summed E-state index contributed by atoms with van der Waals surface area (Å²) in [5, 5.41) is 0. The number of hydrogen-bond donors (Lipinski definition) is 0. The van der Waals surface area contributed by atoms with Crippen molar-refractivity contribution in [3.05, 3.63) is 0 Å². The zero-order valence-corrected chi connectivity index (χ0v) is 17.4. The van der Waals surface area contributed by atoms with Crippen molar-refractivity contribution in [1.29, 1.82) is 0 Å². The van der Waals surface area contributed by atoms with Crippen LogP contribution < -0.4 is 0 Å². The van der Waals surface area contributed by atoms with E-state index in [2.05, 4.69) is 20.8 Å². The first-order chi connectivity index (χ1) is 12.1. The molecule has 0 heteroatoms. The van der Waals surface area contributed by atoms with E-state index in [9.17, 15) is 0 Å². The van der Waals surface area contributed by atoms with Gasteiger partial charge < -0.3 is 0 Å². The minimum Gasteiger partial charge on any atom is -0.0654 e. The maximum absolute atomic E-state index is 2.46. The van der Waals surface area contributed by atoms with E-state index in [1.165, 1.54) is 25.7 Å². The number of rotatable bonds is 7. The maximum atomic E-state index is 2.46. The van der Waals surface area contributed by atoms with Crippen LogP contribution in [0.4, 0.5) is 0 Å². The molecule has 5 fully saturated rings. The van der Waals surface area contributed by atoms with Crippen molar-refractivity contribution in [2.24, 2.45) is 46.8 Å². The molecule has 4 unspecified atom stereocenters. The van der Waals surface area contributed by atoms with Crippen molar-refractivity contribution in [3.63, 3.8) is 0 Å². The Labute approximate surface area is 157 Å². The Bertz CT molecular complexity index is 400. The molecule has 0 aliphatic heterocycles. The molecule has 5 saturated carbocycles. The molecule has 5 aliphatic rings. The Morgan fingerprint density at radius 2 is 1.08 bits per heavy atom. The quantitative estimate of drug-likeness (QED) is 0.441. The van der Waals surface area contributed by atoms with Gasteiger partial charge in [0.2, 0.25) is 0 Å². The monoisotopic (exact) mass is 344 g/mol. The van der Waals surface area contributed by atoms with E-state index in [0.717, 1.165) is 46.8 Å². The first-order valence-corrected chi connectivity index (χ1v) is 12.1. The fourth-order valence-corrected chi connectivity index (χ4v) is 8.71. The molecule has 0 spiro atoms. The van der Waals surface area contributed by atoms with Gasteiger partial charge in [-0.25, -0.2) is 0 Å². The number of hydrogen-bond acceptors (Lipinski definition) is 0. The molecule has 0 aromatic carbocycles. The van der Waals surface area contributed by atoms with Crippen LogP contribution in [0.3, 0.4) is 0 Å². The van der Waals surface area contributed by atoms with Gasteiger partial charge >= 0.3 is 0 Å². The third-order valence-corrected chi connectivity index (χ3v) is 9.46. The Balaban J connectivity index is 1.40. The van der Waals surface area contributed by atoms with Crippen molar-refractivity contribution < 1.29 is 0 Å². The van der Waals surface area contributed by atoms with Gasteiger partial charge in [0.15, 0.2) is 0 Å². The highest BCUT2D eigenvalue weighted by molar-refractivity contribution is 5.01. The van der Waals surface area contributed by atoms with Gasteiger partial charge in [-0.2, -0.15) is 0 Å². The second kappa shape index (κ2) is 7.55. The van der Waals surface area contributed by atoms with Gasteiger partial charge in [0, 0.05) is 0 Å². The van der Waals surface area contributed by atoms with E-state index in [1.807, 2.05) is 0 Å². The molecule has 4 atom stereocenters. The highest BCUT2D eigenvalue weighted by Gasteiger charge is 2.50. The molecule has 0 radical (unpaired) electrons. The first kappa shape index (κ1) is 18.4. The normalized spacial score (nSPS) is 48.8. The summed E-state index contributed by atoms with van der Waals surface area (Å²) in [6, 6.07) is 0. The lowest BCUT2D eigenvalue weighted by molar-refractivity contribution is -0.0633. The van der Waals surface area contributed by atoms with Crippen LogP contribution in [0.2, 0.25) is 0 Å². The van der Waals surface area contributed by atoms with Gasteiger partial charge in [-0.1, -0.05) is 46.5 Å². The Hall–Kier alpha value is 0. The largest absolute Gasteiger partial charge is 0.0654 e. The third-order valence-electron chi connectivity index (χ3n) is 9.46. The molecule has 0 N–H and O–H groups in total. The van der Waals surface area contributed by atoms with Crippen LogP contribution in [0.25, 0.3) is 0 Å². The van der Waals surface area contributed by atoms with Gasteiger partial charge in [0.1, 0.15) is 0 Å². The summed E-state index contributed by atoms with van der Waals surface area (Å²) in [5.74, 6) is 7.62. The van der Waals surface area contributed by atoms with Gasteiger partial charge in [-0.15, -0.1) is 0 Å². The lowest BCUT2D eigenvalue weighted by Crippen LogP contribution is -2.46. The van der Waals surface area contributed by atoms with Crippen molar-refractivity contribution >= 4 is 0 Å². The molecular weight excluding hydrogens is 300 g/mol. The summed E-state index contributed by atoms with van der Waals surface area (Å²) < 4.78 is 0. The SMILES string of the molecule is CCCC1CC(CC)C(CC)CC1CCC12CC3CC(CC(C3)C1)C2. The molecule has 0 amide bonds. The van der Waals surface area contributed by atoms with Crippen LogP contribution in [0.5, 0.6) is 0 Å². The lowest BCUT2D eigenvalue weighted by Gasteiger charge is -2.57.